The van der Waals surface area contributed by atoms with Crippen LogP contribution in [0.2, 0.25) is 0 Å². The molecule has 1 aromatic rings. The Labute approximate surface area is 103 Å². The largest absolute Gasteiger partial charge is 0.317 e. The van der Waals surface area contributed by atoms with Crippen molar-refractivity contribution in [1.82, 2.24) is 14.9 Å². The van der Waals surface area contributed by atoms with Crippen molar-refractivity contribution in [2.75, 3.05) is 13.1 Å². The van der Waals surface area contributed by atoms with Gasteiger partial charge in [-0.15, -0.1) is 0 Å². The van der Waals surface area contributed by atoms with Crippen molar-refractivity contribution in [1.29, 1.82) is 0 Å². The minimum atomic E-state index is 0.0334. The molecular formula is C11H16BrN3O. The number of halogens is 1. The van der Waals surface area contributed by atoms with Crippen LogP contribution in [-0.2, 0) is 6.54 Å². The first kappa shape index (κ1) is 11.8. The van der Waals surface area contributed by atoms with Crippen molar-refractivity contribution in [3.05, 3.63) is 26.8 Å². The molecule has 1 aliphatic heterocycles. The predicted octanol–water partition coefficient (Wildman–Crippen LogP) is 1.31. The van der Waals surface area contributed by atoms with E-state index >= 15 is 0 Å². The van der Waals surface area contributed by atoms with Crippen LogP contribution in [0, 0.1) is 12.8 Å². The average molecular weight is 286 g/mol. The molecule has 0 radical (unpaired) electrons. The van der Waals surface area contributed by atoms with Gasteiger partial charge in [-0.05, 0) is 54.7 Å². The number of hydrogen-bond donors (Lipinski definition) is 1. The number of nitrogens with one attached hydrogen (secondary N) is 1. The lowest BCUT2D eigenvalue weighted by atomic mass is 9.98. The van der Waals surface area contributed by atoms with E-state index in [9.17, 15) is 4.79 Å². The van der Waals surface area contributed by atoms with Crippen LogP contribution in [-0.4, -0.2) is 22.6 Å². The van der Waals surface area contributed by atoms with Crippen LogP contribution in [0.25, 0.3) is 0 Å². The third-order valence-electron chi connectivity index (χ3n) is 3.07. The first-order chi connectivity index (χ1) is 7.68. The van der Waals surface area contributed by atoms with Crippen LogP contribution in [0.4, 0.5) is 0 Å². The summed E-state index contributed by atoms with van der Waals surface area (Å²) < 4.78 is 2.30. The van der Waals surface area contributed by atoms with Crippen molar-refractivity contribution >= 4 is 15.9 Å². The van der Waals surface area contributed by atoms with Gasteiger partial charge in [0.1, 0.15) is 4.47 Å². The highest BCUT2D eigenvalue weighted by molar-refractivity contribution is 9.10. The molecule has 88 valence electrons. The minimum Gasteiger partial charge on any atom is -0.317 e. The van der Waals surface area contributed by atoms with E-state index in [2.05, 4.69) is 26.2 Å². The van der Waals surface area contributed by atoms with Crippen molar-refractivity contribution in [3.8, 4) is 0 Å². The first-order valence-corrected chi connectivity index (χ1v) is 6.40. The van der Waals surface area contributed by atoms with Crippen LogP contribution >= 0.6 is 15.9 Å². The predicted molar refractivity (Wildman–Crippen MR) is 66.5 cm³/mol. The summed E-state index contributed by atoms with van der Waals surface area (Å²) in [4.78, 5) is 16.1. The van der Waals surface area contributed by atoms with Gasteiger partial charge in [0.25, 0.3) is 5.56 Å². The topological polar surface area (TPSA) is 46.9 Å². The fourth-order valence-corrected chi connectivity index (χ4v) is 2.35. The standard InChI is InChI=1S/C11H16BrN3O/c1-8-10(12)11(16)15(7-14-8)6-9-2-4-13-5-3-9/h7,9,13H,2-6H2,1H3. The summed E-state index contributed by atoms with van der Waals surface area (Å²) in [6, 6.07) is 0. The summed E-state index contributed by atoms with van der Waals surface area (Å²) >= 11 is 3.29. The Morgan fingerprint density at radius 1 is 1.56 bits per heavy atom. The van der Waals surface area contributed by atoms with E-state index in [4.69, 9.17) is 0 Å². The fraction of sp³-hybridized carbons (Fsp3) is 0.636. The van der Waals surface area contributed by atoms with Gasteiger partial charge in [-0.3, -0.25) is 9.36 Å². The molecule has 1 fully saturated rings. The zero-order valence-electron chi connectivity index (χ0n) is 9.37. The summed E-state index contributed by atoms with van der Waals surface area (Å²) in [6.45, 7) is 4.73. The molecule has 1 aliphatic rings. The molecule has 1 saturated heterocycles. The van der Waals surface area contributed by atoms with Crippen molar-refractivity contribution in [2.45, 2.75) is 26.3 Å². The number of nitrogens with zero attached hydrogens (tertiary/aromatic N) is 2. The molecule has 0 atom stereocenters. The molecular weight excluding hydrogens is 270 g/mol. The molecule has 0 bridgehead atoms. The highest BCUT2D eigenvalue weighted by Crippen LogP contribution is 2.14. The van der Waals surface area contributed by atoms with Gasteiger partial charge in [0.15, 0.2) is 0 Å². The highest BCUT2D eigenvalue weighted by atomic mass is 79.9. The average Bonchev–Trinajstić information content (AvgIpc) is 2.31. The van der Waals surface area contributed by atoms with E-state index in [-0.39, 0.29) is 5.56 Å². The monoisotopic (exact) mass is 285 g/mol. The van der Waals surface area contributed by atoms with E-state index in [1.807, 2.05) is 6.92 Å². The molecule has 2 heterocycles. The highest BCUT2D eigenvalue weighted by Gasteiger charge is 2.15. The Morgan fingerprint density at radius 2 is 2.25 bits per heavy atom. The molecule has 1 N–H and O–H groups in total. The first-order valence-electron chi connectivity index (χ1n) is 5.60. The van der Waals surface area contributed by atoms with Gasteiger partial charge in [-0.1, -0.05) is 0 Å². The maximum atomic E-state index is 11.9. The van der Waals surface area contributed by atoms with E-state index in [1.165, 1.54) is 0 Å². The molecule has 4 nitrogen and oxygen atoms in total. The Hall–Kier alpha value is -0.680. The molecule has 0 spiro atoms. The van der Waals surface area contributed by atoms with E-state index in [1.54, 1.807) is 10.9 Å². The smallest absolute Gasteiger partial charge is 0.267 e. The zero-order chi connectivity index (χ0) is 11.5. The molecule has 2 rings (SSSR count). The van der Waals surface area contributed by atoms with Gasteiger partial charge in [0.05, 0.1) is 12.0 Å². The molecule has 5 heteroatoms. The van der Waals surface area contributed by atoms with Crippen LogP contribution in [0.1, 0.15) is 18.5 Å². The number of aromatic nitrogens is 2. The Morgan fingerprint density at radius 3 is 2.94 bits per heavy atom. The lowest BCUT2D eigenvalue weighted by Crippen LogP contribution is -2.33. The minimum absolute atomic E-state index is 0.0334. The fourth-order valence-electron chi connectivity index (χ4n) is 2.02. The second kappa shape index (κ2) is 5.10. The number of rotatable bonds is 2. The number of aryl methyl sites for hydroxylation is 1. The van der Waals surface area contributed by atoms with Crippen molar-refractivity contribution in [2.24, 2.45) is 5.92 Å². The summed E-state index contributed by atoms with van der Waals surface area (Å²) in [5.74, 6) is 0.593. The van der Waals surface area contributed by atoms with Gasteiger partial charge < -0.3 is 5.32 Å². The Kier molecular flexibility index (Phi) is 3.76. The number of piperidine rings is 1. The van der Waals surface area contributed by atoms with Gasteiger partial charge >= 0.3 is 0 Å². The summed E-state index contributed by atoms with van der Waals surface area (Å²) in [5, 5.41) is 3.32. The molecule has 0 amide bonds. The molecule has 0 unspecified atom stereocenters. The van der Waals surface area contributed by atoms with E-state index in [0.29, 0.717) is 10.4 Å². The third kappa shape index (κ3) is 2.52. The van der Waals surface area contributed by atoms with Crippen molar-refractivity contribution < 1.29 is 0 Å². The van der Waals surface area contributed by atoms with Gasteiger partial charge in [-0.25, -0.2) is 4.98 Å². The van der Waals surface area contributed by atoms with E-state index < -0.39 is 0 Å². The zero-order valence-corrected chi connectivity index (χ0v) is 11.0. The van der Waals surface area contributed by atoms with Crippen LogP contribution in [0.3, 0.4) is 0 Å². The normalized spacial score (nSPS) is 17.6. The maximum absolute atomic E-state index is 11.9. The van der Waals surface area contributed by atoms with Gasteiger partial charge in [0.2, 0.25) is 0 Å². The van der Waals surface area contributed by atoms with Crippen LogP contribution in [0.15, 0.2) is 15.6 Å². The Bertz CT molecular complexity index is 424. The molecule has 0 aliphatic carbocycles. The van der Waals surface area contributed by atoms with Gasteiger partial charge in [-0.2, -0.15) is 0 Å². The lowest BCUT2D eigenvalue weighted by Gasteiger charge is -2.23. The second-order valence-corrected chi connectivity index (χ2v) is 5.09. The molecule has 0 saturated carbocycles. The summed E-state index contributed by atoms with van der Waals surface area (Å²) in [6.07, 6.45) is 3.93. The molecule has 0 aromatic carbocycles. The maximum Gasteiger partial charge on any atom is 0.267 e. The SMILES string of the molecule is Cc1ncn(CC2CCNCC2)c(=O)c1Br. The van der Waals surface area contributed by atoms with Gasteiger partial charge in [0, 0.05) is 6.54 Å². The lowest BCUT2D eigenvalue weighted by molar-refractivity contribution is 0.328. The van der Waals surface area contributed by atoms with E-state index in [0.717, 1.165) is 38.2 Å². The third-order valence-corrected chi connectivity index (χ3v) is 3.98. The Balaban J connectivity index is 2.15. The number of hydrogen-bond acceptors (Lipinski definition) is 3. The second-order valence-electron chi connectivity index (χ2n) is 4.29. The summed E-state index contributed by atoms with van der Waals surface area (Å²) in [7, 11) is 0. The summed E-state index contributed by atoms with van der Waals surface area (Å²) in [5.41, 5.74) is 0.789. The molecule has 1 aromatic heterocycles. The van der Waals surface area contributed by atoms with Crippen LogP contribution < -0.4 is 10.9 Å². The van der Waals surface area contributed by atoms with Crippen molar-refractivity contribution in [3.63, 3.8) is 0 Å². The van der Waals surface area contributed by atoms with Crippen LogP contribution in [0.5, 0.6) is 0 Å². The quantitative estimate of drug-likeness (QED) is 0.892. The molecule has 16 heavy (non-hydrogen) atoms.